The van der Waals surface area contributed by atoms with Gasteiger partial charge in [0.1, 0.15) is 11.9 Å². The normalized spacial score (nSPS) is 19.7. The number of nitrogens with one attached hydrogen (secondary N) is 1. The van der Waals surface area contributed by atoms with Gasteiger partial charge in [0.2, 0.25) is 11.8 Å². The highest BCUT2D eigenvalue weighted by Gasteiger charge is 2.38. The van der Waals surface area contributed by atoms with E-state index >= 15 is 0 Å². The van der Waals surface area contributed by atoms with Crippen LogP contribution in [0.5, 0.6) is 0 Å². The average Bonchev–Trinajstić information content (AvgIpc) is 2.73. The number of ether oxygens (including phenoxy) is 1. The molecule has 0 aliphatic carbocycles. The second kappa shape index (κ2) is 10.4. The van der Waals surface area contributed by atoms with Crippen molar-refractivity contribution in [2.24, 2.45) is 5.92 Å². The van der Waals surface area contributed by atoms with E-state index < -0.39 is 29.6 Å². The second-order valence-corrected chi connectivity index (χ2v) is 10.2. The van der Waals surface area contributed by atoms with Crippen LogP contribution in [-0.2, 0) is 33.5 Å². The fourth-order valence-corrected chi connectivity index (χ4v) is 4.33. The van der Waals surface area contributed by atoms with Gasteiger partial charge in [-0.05, 0) is 39.5 Å². The first-order valence-electron chi connectivity index (χ1n) is 11.7. The van der Waals surface area contributed by atoms with Crippen LogP contribution in [0.4, 0.5) is 18.0 Å². The highest BCUT2D eigenvalue weighted by Crippen LogP contribution is 2.33. The van der Waals surface area contributed by atoms with Gasteiger partial charge in [-0.1, -0.05) is 6.92 Å². The predicted octanol–water partition coefficient (Wildman–Crippen LogP) is 2.92. The number of amides is 3. The number of likely N-dealkylation sites (tertiary alicyclic amines) is 1. The molecule has 0 aromatic carbocycles. The lowest BCUT2D eigenvalue weighted by Crippen LogP contribution is -2.51. The quantitative estimate of drug-likeness (QED) is 0.668. The Balaban J connectivity index is 1.72. The molecule has 35 heavy (non-hydrogen) atoms. The predicted molar refractivity (Wildman–Crippen MR) is 119 cm³/mol. The van der Waals surface area contributed by atoms with Gasteiger partial charge in [0.05, 0.1) is 18.3 Å². The van der Waals surface area contributed by atoms with Crippen molar-refractivity contribution < 1.29 is 32.3 Å². The molecule has 3 heterocycles. The number of hydrogen-bond acceptors (Lipinski definition) is 6. The zero-order valence-corrected chi connectivity index (χ0v) is 20.4. The van der Waals surface area contributed by atoms with Crippen LogP contribution in [0, 0.1) is 5.92 Å². The SMILES string of the molecule is C[C@@H]1CCC(=O)N(CC(CC(=O)N2CCc3c(ncnc3C(F)(F)F)C2)NC(=O)OC(C)(C)C)C1. The number of aromatic nitrogens is 2. The van der Waals surface area contributed by atoms with Crippen molar-refractivity contribution in [2.75, 3.05) is 19.6 Å². The molecule has 0 bridgehead atoms. The summed E-state index contributed by atoms with van der Waals surface area (Å²) in [4.78, 5) is 48.3. The van der Waals surface area contributed by atoms with Crippen molar-refractivity contribution in [2.45, 2.75) is 77.7 Å². The maximum absolute atomic E-state index is 13.3. The molecule has 2 aliphatic heterocycles. The number of carbonyl (C=O) groups is 3. The number of piperidine rings is 1. The molecule has 9 nitrogen and oxygen atoms in total. The Morgan fingerprint density at radius 1 is 1.23 bits per heavy atom. The summed E-state index contributed by atoms with van der Waals surface area (Å²) in [5, 5.41) is 2.70. The van der Waals surface area contributed by atoms with Crippen LogP contribution in [0.2, 0.25) is 0 Å². The van der Waals surface area contributed by atoms with Gasteiger partial charge in [-0.25, -0.2) is 14.8 Å². The average molecular weight is 500 g/mol. The van der Waals surface area contributed by atoms with Crippen LogP contribution >= 0.6 is 0 Å². The van der Waals surface area contributed by atoms with E-state index in [1.165, 1.54) is 4.90 Å². The monoisotopic (exact) mass is 499 g/mol. The molecule has 1 aromatic rings. The van der Waals surface area contributed by atoms with Crippen molar-refractivity contribution in [1.29, 1.82) is 0 Å². The van der Waals surface area contributed by atoms with E-state index in [1.807, 2.05) is 6.92 Å². The molecule has 0 radical (unpaired) electrons. The molecule has 3 amide bonds. The van der Waals surface area contributed by atoms with Crippen molar-refractivity contribution in [1.82, 2.24) is 25.1 Å². The number of nitrogens with zero attached hydrogens (tertiary/aromatic N) is 4. The highest BCUT2D eigenvalue weighted by atomic mass is 19.4. The first kappa shape index (κ1) is 26.7. The Bertz CT molecular complexity index is 963. The fourth-order valence-electron chi connectivity index (χ4n) is 4.33. The summed E-state index contributed by atoms with van der Waals surface area (Å²) in [6, 6.07) is -0.718. The van der Waals surface area contributed by atoms with Gasteiger partial charge in [-0.3, -0.25) is 9.59 Å². The lowest BCUT2D eigenvalue weighted by atomic mass is 9.98. The molecule has 12 heteroatoms. The summed E-state index contributed by atoms with van der Waals surface area (Å²) < 4.78 is 45.1. The third-order valence-electron chi connectivity index (χ3n) is 5.95. The van der Waals surface area contributed by atoms with Gasteiger partial charge in [0.25, 0.3) is 0 Å². The number of fused-ring (bicyclic) bond motifs is 1. The minimum atomic E-state index is -4.60. The van der Waals surface area contributed by atoms with Crippen LogP contribution in [0.3, 0.4) is 0 Å². The van der Waals surface area contributed by atoms with Crippen molar-refractivity contribution >= 4 is 17.9 Å². The van der Waals surface area contributed by atoms with Gasteiger partial charge in [0, 0.05) is 38.0 Å². The minimum Gasteiger partial charge on any atom is -0.444 e. The second-order valence-electron chi connectivity index (χ2n) is 10.2. The smallest absolute Gasteiger partial charge is 0.433 e. The van der Waals surface area contributed by atoms with E-state index in [9.17, 15) is 27.6 Å². The van der Waals surface area contributed by atoms with Crippen molar-refractivity contribution in [3.63, 3.8) is 0 Å². The fraction of sp³-hybridized carbons (Fsp3) is 0.696. The lowest BCUT2D eigenvalue weighted by molar-refractivity contribution is -0.142. The Hall–Kier alpha value is -2.92. The molecule has 1 saturated heterocycles. The Kier molecular flexibility index (Phi) is 7.90. The number of alkyl carbamates (subject to hydrolysis) is 1. The van der Waals surface area contributed by atoms with Crippen LogP contribution in [0.1, 0.15) is 63.9 Å². The molecule has 1 aromatic heterocycles. The van der Waals surface area contributed by atoms with Gasteiger partial charge in [-0.15, -0.1) is 0 Å². The summed E-state index contributed by atoms with van der Waals surface area (Å²) in [6.45, 7) is 7.82. The summed E-state index contributed by atoms with van der Waals surface area (Å²) in [6.07, 6.45) is -3.43. The van der Waals surface area contributed by atoms with Crippen LogP contribution in [0.15, 0.2) is 6.33 Å². The molecule has 1 N–H and O–H groups in total. The first-order valence-corrected chi connectivity index (χ1v) is 11.7. The number of halogens is 3. The minimum absolute atomic E-state index is 0.000353. The summed E-state index contributed by atoms with van der Waals surface area (Å²) in [7, 11) is 0. The molecular formula is C23H32F3N5O4. The molecule has 1 fully saturated rings. The first-order chi connectivity index (χ1) is 16.2. The van der Waals surface area contributed by atoms with Gasteiger partial charge in [0.15, 0.2) is 5.69 Å². The molecule has 0 saturated carbocycles. The Labute approximate surface area is 202 Å². The van der Waals surface area contributed by atoms with Crippen LogP contribution < -0.4 is 5.32 Å². The number of rotatable bonds is 5. The van der Waals surface area contributed by atoms with Crippen LogP contribution in [-0.4, -0.2) is 69.0 Å². The highest BCUT2D eigenvalue weighted by molar-refractivity contribution is 5.79. The van der Waals surface area contributed by atoms with E-state index in [2.05, 4.69) is 15.3 Å². The standard InChI is InChI=1S/C23H32F3N5O4/c1-14-5-6-18(32)31(10-14)11-15(29-21(34)35-22(2,3)4)9-19(33)30-8-7-16-17(12-30)27-13-28-20(16)23(24,25)26/h13-15H,5-12H2,1-4H3,(H,29,34)/t14-,15?/m1/s1. The Morgan fingerprint density at radius 3 is 2.60 bits per heavy atom. The van der Waals surface area contributed by atoms with Crippen molar-refractivity contribution in [3.05, 3.63) is 23.3 Å². The summed E-state index contributed by atoms with van der Waals surface area (Å²) in [5.41, 5.74) is -1.57. The number of alkyl halides is 3. The molecule has 2 aliphatic rings. The number of carbonyl (C=O) groups excluding carboxylic acids is 3. The zero-order chi connectivity index (χ0) is 26.0. The zero-order valence-electron chi connectivity index (χ0n) is 20.4. The summed E-state index contributed by atoms with van der Waals surface area (Å²) in [5.74, 6) is -0.108. The molecule has 3 rings (SSSR count). The number of hydrogen-bond donors (Lipinski definition) is 1. The topological polar surface area (TPSA) is 105 Å². The maximum atomic E-state index is 13.3. The van der Waals surface area contributed by atoms with Crippen molar-refractivity contribution in [3.8, 4) is 0 Å². The molecule has 1 unspecified atom stereocenters. The molecule has 2 atom stereocenters. The van der Waals surface area contributed by atoms with Gasteiger partial charge in [-0.2, -0.15) is 13.2 Å². The third kappa shape index (κ3) is 7.28. The van der Waals surface area contributed by atoms with E-state index in [1.54, 1.807) is 25.7 Å². The molecule has 194 valence electrons. The van der Waals surface area contributed by atoms with Gasteiger partial charge < -0.3 is 19.9 Å². The third-order valence-corrected chi connectivity index (χ3v) is 5.95. The van der Waals surface area contributed by atoms with Crippen LogP contribution in [0.25, 0.3) is 0 Å². The summed E-state index contributed by atoms with van der Waals surface area (Å²) >= 11 is 0. The molecule has 0 spiro atoms. The largest absolute Gasteiger partial charge is 0.444 e. The maximum Gasteiger partial charge on any atom is 0.433 e. The van der Waals surface area contributed by atoms with E-state index in [4.69, 9.17) is 4.74 Å². The van der Waals surface area contributed by atoms with E-state index in [0.717, 1.165) is 12.7 Å². The molecular weight excluding hydrogens is 467 g/mol. The van der Waals surface area contributed by atoms with E-state index in [-0.39, 0.29) is 55.5 Å². The van der Waals surface area contributed by atoms with Gasteiger partial charge >= 0.3 is 12.3 Å². The Morgan fingerprint density at radius 2 is 1.94 bits per heavy atom. The van der Waals surface area contributed by atoms with E-state index in [0.29, 0.717) is 18.9 Å². The lowest BCUT2D eigenvalue weighted by Gasteiger charge is -2.35.